The van der Waals surface area contributed by atoms with E-state index in [9.17, 15) is 13.2 Å². The molecule has 0 amide bonds. The van der Waals surface area contributed by atoms with Gasteiger partial charge in [0.1, 0.15) is 5.75 Å². The van der Waals surface area contributed by atoms with Crippen molar-refractivity contribution in [2.24, 2.45) is 0 Å². The number of anilines is 2. The zero-order valence-electron chi connectivity index (χ0n) is 10.9. The van der Waals surface area contributed by atoms with Crippen LogP contribution >= 0.6 is 0 Å². The number of halogens is 3. The first-order chi connectivity index (χ1) is 8.94. The summed E-state index contributed by atoms with van der Waals surface area (Å²) in [5, 5.41) is 3.03. The maximum absolute atomic E-state index is 12.0. The summed E-state index contributed by atoms with van der Waals surface area (Å²) >= 11 is 0. The average molecular weight is 276 g/mol. The van der Waals surface area contributed by atoms with E-state index in [4.69, 9.17) is 10.5 Å². The third-order valence-electron chi connectivity index (χ3n) is 2.57. The predicted molar refractivity (Wildman–Crippen MR) is 70.4 cm³/mol. The number of hydrogen-bond donors (Lipinski definition) is 2. The first-order valence-electron chi connectivity index (χ1n) is 6.26. The normalized spacial score (nSPS) is 11.4. The van der Waals surface area contributed by atoms with Gasteiger partial charge in [0.05, 0.1) is 18.0 Å². The van der Waals surface area contributed by atoms with E-state index in [1.807, 2.05) is 6.92 Å². The maximum Gasteiger partial charge on any atom is 0.389 e. The first kappa shape index (κ1) is 15.5. The Morgan fingerprint density at radius 3 is 2.63 bits per heavy atom. The van der Waals surface area contributed by atoms with Gasteiger partial charge in [-0.15, -0.1) is 0 Å². The van der Waals surface area contributed by atoms with Crippen molar-refractivity contribution < 1.29 is 17.9 Å². The lowest BCUT2D eigenvalue weighted by molar-refractivity contribution is -0.135. The minimum absolute atomic E-state index is 0.113. The molecule has 0 radical (unpaired) electrons. The third kappa shape index (κ3) is 5.72. The molecule has 108 valence electrons. The van der Waals surface area contributed by atoms with Crippen molar-refractivity contribution in [3.63, 3.8) is 0 Å². The highest BCUT2D eigenvalue weighted by Gasteiger charge is 2.25. The predicted octanol–water partition coefficient (Wildman–Crippen LogP) is 3.81. The molecule has 0 aliphatic carbocycles. The molecule has 0 unspecified atom stereocenters. The van der Waals surface area contributed by atoms with E-state index in [0.717, 1.165) is 0 Å². The van der Waals surface area contributed by atoms with Crippen molar-refractivity contribution in [3.8, 4) is 5.75 Å². The van der Waals surface area contributed by atoms with Crippen molar-refractivity contribution in [1.82, 2.24) is 0 Å². The number of ether oxygens (including phenoxy) is 1. The molecular formula is C13H19F3N2O. The minimum atomic E-state index is -4.08. The summed E-state index contributed by atoms with van der Waals surface area (Å²) in [5.41, 5.74) is 7.06. The van der Waals surface area contributed by atoms with Gasteiger partial charge in [0.2, 0.25) is 0 Å². The van der Waals surface area contributed by atoms with E-state index in [2.05, 4.69) is 5.32 Å². The third-order valence-corrected chi connectivity index (χ3v) is 2.57. The fourth-order valence-electron chi connectivity index (χ4n) is 1.65. The fraction of sp³-hybridized carbons (Fsp3) is 0.538. The molecule has 3 N–H and O–H groups in total. The van der Waals surface area contributed by atoms with Crippen molar-refractivity contribution >= 4 is 11.4 Å². The van der Waals surface area contributed by atoms with Gasteiger partial charge < -0.3 is 15.8 Å². The lowest BCUT2D eigenvalue weighted by atomic mass is 10.2. The lowest BCUT2D eigenvalue weighted by Crippen LogP contribution is -2.09. The number of hydrogen-bond acceptors (Lipinski definition) is 3. The van der Waals surface area contributed by atoms with E-state index < -0.39 is 12.6 Å². The second-order valence-electron chi connectivity index (χ2n) is 4.15. The van der Waals surface area contributed by atoms with Crippen LogP contribution in [-0.4, -0.2) is 19.3 Å². The summed E-state index contributed by atoms with van der Waals surface area (Å²) in [4.78, 5) is 0. The molecule has 0 aliphatic rings. The number of alkyl halides is 3. The molecule has 0 spiro atoms. The van der Waals surface area contributed by atoms with Crippen LogP contribution in [0.3, 0.4) is 0 Å². The summed E-state index contributed by atoms with van der Waals surface area (Å²) in [6.07, 6.45) is -4.27. The summed E-state index contributed by atoms with van der Waals surface area (Å²) in [7, 11) is 0. The molecule has 1 aromatic rings. The smallest absolute Gasteiger partial charge is 0.389 e. The van der Waals surface area contributed by atoms with E-state index in [1.54, 1.807) is 18.2 Å². The molecule has 0 aromatic heterocycles. The number of rotatable bonds is 7. The molecule has 19 heavy (non-hydrogen) atoms. The van der Waals surface area contributed by atoms with Crippen molar-refractivity contribution in [2.75, 3.05) is 24.2 Å². The van der Waals surface area contributed by atoms with Crippen LogP contribution in [0, 0.1) is 0 Å². The second-order valence-corrected chi connectivity index (χ2v) is 4.15. The Kier molecular flexibility index (Phi) is 5.79. The summed E-state index contributed by atoms with van der Waals surface area (Å²) in [6, 6.07) is 5.33. The van der Waals surface area contributed by atoms with Crippen LogP contribution in [-0.2, 0) is 0 Å². The van der Waals surface area contributed by atoms with Gasteiger partial charge in [-0.25, -0.2) is 0 Å². The number of nitrogen functional groups attached to an aromatic ring is 1. The highest BCUT2D eigenvalue weighted by Crippen LogP contribution is 2.29. The monoisotopic (exact) mass is 276 g/mol. The number of nitrogens with one attached hydrogen (secondary N) is 1. The van der Waals surface area contributed by atoms with Crippen LogP contribution in [0.15, 0.2) is 18.2 Å². The quantitative estimate of drug-likeness (QED) is 0.588. The largest absolute Gasteiger partial charge is 0.492 e. The Labute approximate surface area is 110 Å². The Morgan fingerprint density at radius 2 is 2.00 bits per heavy atom. The molecule has 6 heteroatoms. The van der Waals surface area contributed by atoms with Gasteiger partial charge in [0, 0.05) is 13.0 Å². The molecule has 0 fully saturated rings. The van der Waals surface area contributed by atoms with Crippen LogP contribution in [0.25, 0.3) is 0 Å². The molecule has 0 saturated carbocycles. The Balaban J connectivity index is 2.39. The van der Waals surface area contributed by atoms with Gasteiger partial charge in [0.15, 0.2) is 0 Å². The fourth-order valence-corrected chi connectivity index (χ4v) is 1.65. The van der Waals surface area contributed by atoms with Gasteiger partial charge in [0.25, 0.3) is 0 Å². The summed E-state index contributed by atoms with van der Waals surface area (Å²) in [5.74, 6) is 0.586. The van der Waals surface area contributed by atoms with E-state index in [0.29, 0.717) is 36.7 Å². The zero-order valence-corrected chi connectivity index (χ0v) is 10.9. The molecule has 1 aromatic carbocycles. The minimum Gasteiger partial charge on any atom is -0.492 e. The molecule has 0 bridgehead atoms. The standard InChI is InChI=1S/C13H19F3N2O/c1-2-19-11-7-5-6-10(12(11)17)18-9-4-3-8-13(14,15)16/h5-7,18H,2-4,8-9,17H2,1H3. The van der Waals surface area contributed by atoms with Crippen LogP contribution < -0.4 is 15.8 Å². The van der Waals surface area contributed by atoms with Gasteiger partial charge in [-0.2, -0.15) is 13.2 Å². The Bertz CT molecular complexity index is 394. The van der Waals surface area contributed by atoms with Gasteiger partial charge in [-0.05, 0) is 31.9 Å². The Morgan fingerprint density at radius 1 is 1.26 bits per heavy atom. The van der Waals surface area contributed by atoms with Crippen molar-refractivity contribution in [1.29, 1.82) is 0 Å². The van der Waals surface area contributed by atoms with Gasteiger partial charge in [-0.3, -0.25) is 0 Å². The zero-order chi connectivity index (χ0) is 14.3. The molecule has 0 heterocycles. The molecule has 0 atom stereocenters. The molecule has 0 aliphatic heterocycles. The van der Waals surface area contributed by atoms with Gasteiger partial charge >= 0.3 is 6.18 Å². The molecular weight excluding hydrogens is 257 g/mol. The van der Waals surface area contributed by atoms with E-state index >= 15 is 0 Å². The second kappa shape index (κ2) is 7.11. The number of unbranched alkanes of at least 4 members (excludes halogenated alkanes) is 1. The molecule has 0 saturated heterocycles. The lowest BCUT2D eigenvalue weighted by Gasteiger charge is -2.13. The highest BCUT2D eigenvalue weighted by molar-refractivity contribution is 5.72. The van der Waals surface area contributed by atoms with Crippen LogP contribution in [0.5, 0.6) is 5.75 Å². The topological polar surface area (TPSA) is 47.3 Å². The van der Waals surface area contributed by atoms with E-state index in [-0.39, 0.29) is 6.42 Å². The number of nitrogens with two attached hydrogens (primary N) is 1. The van der Waals surface area contributed by atoms with Gasteiger partial charge in [-0.1, -0.05) is 6.07 Å². The summed E-state index contributed by atoms with van der Waals surface area (Å²) in [6.45, 7) is 2.83. The van der Waals surface area contributed by atoms with Crippen LogP contribution in [0.2, 0.25) is 0 Å². The Hall–Kier alpha value is -1.59. The molecule has 1 rings (SSSR count). The van der Waals surface area contributed by atoms with Crippen molar-refractivity contribution in [2.45, 2.75) is 32.4 Å². The van der Waals surface area contributed by atoms with E-state index in [1.165, 1.54) is 0 Å². The number of para-hydroxylation sites is 1. The van der Waals surface area contributed by atoms with Crippen molar-refractivity contribution in [3.05, 3.63) is 18.2 Å². The summed E-state index contributed by atoms with van der Waals surface area (Å²) < 4.78 is 41.2. The van der Waals surface area contributed by atoms with Crippen LogP contribution in [0.1, 0.15) is 26.2 Å². The maximum atomic E-state index is 12.0. The van der Waals surface area contributed by atoms with Crippen LogP contribution in [0.4, 0.5) is 24.5 Å². The SMILES string of the molecule is CCOc1cccc(NCCCCC(F)(F)F)c1N. The average Bonchev–Trinajstić information content (AvgIpc) is 2.32. The first-order valence-corrected chi connectivity index (χ1v) is 6.26. The highest BCUT2D eigenvalue weighted by atomic mass is 19.4. The number of benzene rings is 1. The molecule has 3 nitrogen and oxygen atoms in total.